The standard InChI is InChI=1S/C31H35N2O4.C23H18N2O4.BF3.FH.HI/c1-30(2,3)36-28(34)22-13-9-20(10-14-22)24-17-18-25(27-26(24)32(7)19-33(27)8)21-11-15-23(16-12-21)29(35)37-31(4,5)6;1-24-13-25(2)21-19(15-5-9-17(10-6-15)23(28)29)12-11-18(20(21)24)14-3-7-16(8-4-14)22(26)27;2-1(3)4;;/h9-19H,1-8H3;3-13H,1-2H3,(H-,26,27,28,29);;2*1H/q+1;;;;/p-1. The van der Waals surface area contributed by atoms with E-state index in [1.807, 2.05) is 176 Å². The fourth-order valence-electron chi connectivity index (χ4n) is 8.10. The number of carboxylic acid groups (broad SMARTS) is 2. The van der Waals surface area contributed by atoms with Gasteiger partial charge in [-0.2, -0.15) is 0 Å². The summed E-state index contributed by atoms with van der Waals surface area (Å²) >= 11 is 0. The van der Waals surface area contributed by atoms with Gasteiger partial charge in [0.1, 0.15) is 11.2 Å². The summed E-state index contributed by atoms with van der Waals surface area (Å²) in [4.78, 5) is 47.2. The highest BCUT2D eigenvalue weighted by molar-refractivity contribution is 6.33. The van der Waals surface area contributed by atoms with Crippen molar-refractivity contribution in [2.75, 3.05) is 0 Å². The van der Waals surface area contributed by atoms with E-state index < -0.39 is 30.7 Å². The molecule has 0 spiro atoms. The quantitative estimate of drug-likeness (QED) is 0.0722. The molecule has 0 radical (unpaired) electrons. The number of hydrogen-bond acceptors (Lipinski definition) is 6. The maximum absolute atomic E-state index is 12.5. The molecular weight excluding hydrogens is 1050 g/mol. The van der Waals surface area contributed by atoms with Crippen LogP contribution in [-0.2, 0) is 37.7 Å². The smallest absolute Gasteiger partial charge is 0.762 e. The Labute approximate surface area is 431 Å². The van der Waals surface area contributed by atoms with Crippen molar-refractivity contribution in [3.05, 3.63) is 156 Å². The summed E-state index contributed by atoms with van der Waals surface area (Å²) in [5.41, 5.74) is 12.6. The Hall–Kier alpha value is -7.35. The van der Waals surface area contributed by atoms with Crippen molar-refractivity contribution in [3.8, 4) is 44.5 Å². The van der Waals surface area contributed by atoms with Crippen LogP contribution >= 0.6 is 0 Å². The van der Waals surface area contributed by atoms with Crippen LogP contribution in [0, 0.1) is 0 Å². The minimum absolute atomic E-state index is 0. The summed E-state index contributed by atoms with van der Waals surface area (Å²) in [7, 11) is 4.32. The number of rotatable bonds is 8. The van der Waals surface area contributed by atoms with Gasteiger partial charge in [0.15, 0.2) is 22.1 Å². The number of aromatic carboxylic acids is 2. The van der Waals surface area contributed by atoms with Crippen LogP contribution in [0.1, 0.15) is 83.0 Å². The topological polar surface area (TPSA) is 145 Å². The minimum Gasteiger partial charge on any atom is -1.00 e. The van der Waals surface area contributed by atoms with Gasteiger partial charge >= 0.3 is 31.4 Å². The molecule has 0 unspecified atom stereocenters. The second-order valence-corrected chi connectivity index (χ2v) is 18.6. The van der Waals surface area contributed by atoms with Crippen molar-refractivity contribution in [1.29, 1.82) is 0 Å². The summed E-state index contributed by atoms with van der Waals surface area (Å²) in [6, 6.07) is 36.9. The number of ether oxygens (including phenoxy) is 2. The monoisotopic (exact) mass is 1100 g/mol. The van der Waals surface area contributed by atoms with Crippen molar-refractivity contribution in [2.45, 2.75) is 52.7 Å². The SMILES string of the molecule is Cn1c[n+](C)c2c(-c3ccc(C(=O)O)cc3)ccc(-c3ccc(C(=O)O)cc3)c21.Cn1c[n+](C)c2c(-c3ccc(C(=O)OC(C)(C)C)cc3)ccc(-c3ccc(C(=O)OC(C)(C)C)cc3)c21.FB(F)F.[F-].[I-]. The predicted molar refractivity (Wildman–Crippen MR) is 263 cm³/mol. The zero-order chi connectivity index (χ0) is 51.4. The second-order valence-electron chi connectivity index (χ2n) is 18.6. The van der Waals surface area contributed by atoms with Gasteiger partial charge in [0.25, 0.3) is 0 Å². The lowest BCUT2D eigenvalue weighted by atomic mass is 9.96. The van der Waals surface area contributed by atoms with Crippen molar-refractivity contribution in [2.24, 2.45) is 28.2 Å². The molecule has 0 atom stereocenters. The van der Waals surface area contributed by atoms with E-state index >= 15 is 0 Å². The molecule has 0 aliphatic heterocycles. The first-order chi connectivity index (χ1) is 32.8. The normalized spacial score (nSPS) is 11.0. The predicted octanol–water partition coefficient (Wildman–Crippen LogP) is 4.87. The number of halogens is 5. The number of hydrogen-bond donors (Lipinski definition) is 2. The Morgan fingerprint density at radius 3 is 0.958 bits per heavy atom. The number of benzene rings is 6. The number of nitrogens with zero attached hydrogens (tertiary/aromatic N) is 4. The Morgan fingerprint density at radius 2 is 0.708 bits per heavy atom. The van der Waals surface area contributed by atoms with Gasteiger partial charge in [-0.05, 0) is 137 Å². The zero-order valence-corrected chi connectivity index (χ0v) is 43.5. The largest absolute Gasteiger partial charge is 1.00 e. The van der Waals surface area contributed by atoms with Gasteiger partial charge in [0, 0.05) is 22.3 Å². The number of esters is 2. The Kier molecular flexibility index (Phi) is 18.5. The average Bonchev–Trinajstić information content (AvgIpc) is 3.77. The minimum atomic E-state index is -3.67. The summed E-state index contributed by atoms with van der Waals surface area (Å²) in [5, 5.41) is 18.3. The molecular formula is C54H54BF4IN4O8. The van der Waals surface area contributed by atoms with Crippen LogP contribution in [0.2, 0.25) is 0 Å². The number of imidazole rings is 2. The van der Waals surface area contributed by atoms with Crippen molar-refractivity contribution in [3.63, 3.8) is 0 Å². The molecule has 376 valence electrons. The lowest BCUT2D eigenvalue weighted by Crippen LogP contribution is -3.00. The average molecular weight is 1100 g/mol. The molecule has 2 heterocycles. The van der Waals surface area contributed by atoms with Crippen LogP contribution in [0.5, 0.6) is 0 Å². The zero-order valence-electron chi connectivity index (χ0n) is 41.3. The lowest BCUT2D eigenvalue weighted by molar-refractivity contribution is -0.645. The maximum atomic E-state index is 12.5. The summed E-state index contributed by atoms with van der Waals surface area (Å²) < 4.78 is 48.3. The van der Waals surface area contributed by atoms with Crippen LogP contribution in [0.25, 0.3) is 66.6 Å². The van der Waals surface area contributed by atoms with E-state index in [4.69, 9.17) is 19.7 Å². The van der Waals surface area contributed by atoms with Gasteiger partial charge in [0.2, 0.25) is 12.7 Å². The third-order valence-electron chi connectivity index (χ3n) is 11.0. The highest BCUT2D eigenvalue weighted by atomic mass is 127. The molecule has 8 aromatic rings. The Bertz CT molecular complexity index is 3030. The number of fused-ring (bicyclic) bond motifs is 2. The van der Waals surface area contributed by atoms with Gasteiger partial charge in [-0.25, -0.2) is 37.4 Å². The lowest BCUT2D eigenvalue weighted by Gasteiger charge is -2.19. The maximum Gasteiger partial charge on any atom is 0.762 e. The number of carboxylic acids is 2. The van der Waals surface area contributed by atoms with Gasteiger partial charge < -0.3 is 48.4 Å². The molecule has 18 heteroatoms. The van der Waals surface area contributed by atoms with E-state index in [1.165, 1.54) is 0 Å². The van der Waals surface area contributed by atoms with Gasteiger partial charge in [-0.1, -0.05) is 48.5 Å². The van der Waals surface area contributed by atoms with Crippen molar-refractivity contribution >= 4 is 53.5 Å². The second kappa shape index (κ2) is 23.3. The number of aryl methyl sites for hydroxylation is 4. The molecule has 0 aliphatic carbocycles. The molecule has 0 saturated heterocycles. The molecule has 2 N–H and O–H groups in total. The summed E-state index contributed by atoms with van der Waals surface area (Å²) in [6.07, 6.45) is 4.02. The Balaban J connectivity index is 0.000000290. The third kappa shape index (κ3) is 13.5. The van der Waals surface area contributed by atoms with E-state index in [0.717, 1.165) is 66.6 Å². The summed E-state index contributed by atoms with van der Waals surface area (Å²) in [6.45, 7) is 11.2. The first-order valence-corrected chi connectivity index (χ1v) is 22.1. The molecule has 0 amide bonds. The molecule has 0 aliphatic rings. The Morgan fingerprint density at radius 1 is 0.472 bits per heavy atom. The molecule has 0 fully saturated rings. The summed E-state index contributed by atoms with van der Waals surface area (Å²) in [5.74, 6) is -2.57. The molecule has 0 bridgehead atoms. The first kappa shape index (κ1) is 57.2. The van der Waals surface area contributed by atoms with Crippen LogP contribution in [0.4, 0.5) is 12.9 Å². The third-order valence-corrected chi connectivity index (χ3v) is 11.0. The highest BCUT2D eigenvalue weighted by Crippen LogP contribution is 2.36. The van der Waals surface area contributed by atoms with Gasteiger partial charge in [-0.15, -0.1) is 0 Å². The van der Waals surface area contributed by atoms with Crippen LogP contribution in [-0.4, -0.2) is 62.0 Å². The van der Waals surface area contributed by atoms with Crippen molar-refractivity contribution in [1.82, 2.24) is 9.13 Å². The van der Waals surface area contributed by atoms with Crippen LogP contribution in [0.15, 0.2) is 134 Å². The van der Waals surface area contributed by atoms with E-state index in [2.05, 4.69) is 21.3 Å². The number of carbonyl (C=O) groups is 4. The van der Waals surface area contributed by atoms with E-state index in [1.54, 1.807) is 24.3 Å². The molecule has 8 rings (SSSR count). The van der Waals surface area contributed by atoms with Gasteiger partial charge in [0.05, 0.1) is 50.4 Å². The molecule has 12 nitrogen and oxygen atoms in total. The fraction of sp³-hybridized carbons (Fsp3) is 0.222. The van der Waals surface area contributed by atoms with Crippen LogP contribution < -0.4 is 37.8 Å². The molecule has 72 heavy (non-hydrogen) atoms. The molecule has 6 aromatic carbocycles. The first-order valence-electron chi connectivity index (χ1n) is 22.1. The van der Waals surface area contributed by atoms with Crippen LogP contribution in [0.3, 0.4) is 0 Å². The highest BCUT2D eigenvalue weighted by Gasteiger charge is 2.25. The number of carbonyl (C=O) groups excluding carboxylic acids is 2. The van der Waals surface area contributed by atoms with E-state index in [9.17, 15) is 32.1 Å². The van der Waals surface area contributed by atoms with Gasteiger partial charge in [-0.3, -0.25) is 12.9 Å². The van der Waals surface area contributed by atoms with E-state index in [-0.39, 0.29) is 51.7 Å². The molecule has 2 aromatic heterocycles. The van der Waals surface area contributed by atoms with E-state index in [0.29, 0.717) is 11.1 Å². The number of aromatic nitrogens is 4. The van der Waals surface area contributed by atoms with Crippen molar-refractivity contribution < 1.29 is 89.6 Å². The molecule has 0 saturated carbocycles. The fourth-order valence-corrected chi connectivity index (χ4v) is 8.10.